The first-order valence-corrected chi connectivity index (χ1v) is 9.13. The zero-order valence-electron chi connectivity index (χ0n) is 13.6. The third kappa shape index (κ3) is 11.1. The second-order valence-electron chi connectivity index (χ2n) is 5.00. The molecule has 1 aliphatic rings. The molecular weight excluding hydrogens is 381 g/mol. The van der Waals surface area contributed by atoms with E-state index >= 15 is 0 Å². The van der Waals surface area contributed by atoms with Crippen LogP contribution in [0.5, 0.6) is 0 Å². The third-order valence-corrected chi connectivity index (χ3v) is 3.27. The molecule has 0 saturated heterocycles. The van der Waals surface area contributed by atoms with E-state index in [0.29, 0.717) is 0 Å². The number of hydrogen-bond acceptors (Lipinski definition) is 1. The van der Waals surface area contributed by atoms with Gasteiger partial charge in [-0.2, -0.15) is 17.5 Å². The minimum absolute atomic E-state index is 0. The molecule has 2 radical (unpaired) electrons. The van der Waals surface area contributed by atoms with E-state index in [1.165, 1.54) is 10.8 Å². The Morgan fingerprint density at radius 1 is 1.13 bits per heavy atom. The molecule has 1 saturated carbocycles. The van der Waals surface area contributed by atoms with Gasteiger partial charge in [0, 0.05) is 15.4 Å². The van der Waals surface area contributed by atoms with Crippen LogP contribution in [0.15, 0.2) is 42.5 Å². The van der Waals surface area contributed by atoms with E-state index in [1.807, 2.05) is 0 Å². The van der Waals surface area contributed by atoms with Crippen molar-refractivity contribution in [3.8, 4) is 0 Å². The van der Waals surface area contributed by atoms with Crippen molar-refractivity contribution in [3.05, 3.63) is 48.2 Å². The van der Waals surface area contributed by atoms with Gasteiger partial charge in [0.2, 0.25) is 0 Å². The number of fused-ring (bicyclic) bond motifs is 1. The van der Waals surface area contributed by atoms with Crippen molar-refractivity contribution in [2.24, 2.45) is 5.92 Å². The number of carbonyl (C=O) groups is 1. The predicted molar refractivity (Wildman–Crippen MR) is 88.3 cm³/mol. The first-order valence-electron chi connectivity index (χ1n) is 7.13. The SMILES string of the molecule is C[Si]C.[Cl-].[Cl-].[NH-]C(=O)C1CCCC1.[Ti+4].c1ccc2[cH-]ccc2c1. The van der Waals surface area contributed by atoms with Crippen LogP contribution in [-0.4, -0.2) is 15.4 Å². The summed E-state index contributed by atoms with van der Waals surface area (Å²) < 4.78 is 0. The van der Waals surface area contributed by atoms with Crippen molar-refractivity contribution in [3.63, 3.8) is 0 Å². The van der Waals surface area contributed by atoms with Crippen LogP contribution in [0.3, 0.4) is 0 Å². The van der Waals surface area contributed by atoms with Crippen LogP contribution in [0, 0.1) is 5.92 Å². The van der Waals surface area contributed by atoms with Crippen molar-refractivity contribution in [2.75, 3.05) is 0 Å². The van der Waals surface area contributed by atoms with E-state index in [1.54, 1.807) is 0 Å². The predicted octanol–water partition coefficient (Wildman–Crippen LogP) is -0.894. The Kier molecular flexibility index (Phi) is 20.0. The van der Waals surface area contributed by atoms with Crippen molar-refractivity contribution in [2.45, 2.75) is 38.8 Å². The first kappa shape index (κ1) is 27.6. The zero-order chi connectivity index (χ0) is 14.8. The largest absolute Gasteiger partial charge is 4.00 e. The Morgan fingerprint density at radius 3 is 2.09 bits per heavy atom. The maximum Gasteiger partial charge on any atom is 4.00 e. The summed E-state index contributed by atoms with van der Waals surface area (Å²) in [5.41, 5.74) is 6.74. The van der Waals surface area contributed by atoms with E-state index < -0.39 is 0 Å². The molecule has 2 aromatic rings. The Labute approximate surface area is 169 Å². The maximum atomic E-state index is 10.3. The third-order valence-electron chi connectivity index (χ3n) is 3.27. The topological polar surface area (TPSA) is 40.9 Å². The summed E-state index contributed by atoms with van der Waals surface area (Å²) in [4.78, 5) is 10.3. The normalized spacial score (nSPS) is 12.3. The van der Waals surface area contributed by atoms with Crippen LogP contribution in [0.4, 0.5) is 0 Å². The zero-order valence-corrected chi connectivity index (χ0v) is 17.7. The van der Waals surface area contributed by atoms with Crippen molar-refractivity contribution in [1.82, 2.24) is 0 Å². The standard InChI is InChI=1S/C9H7.C6H11NO.C2H6Si.2ClH.Ti/c1-2-5-9-7-3-6-8(9)4-1;7-6(8)5-3-1-2-4-5;1-3-2;;;/h1-7H;5H,1-4H2,(H2,7,8);1-2H3;2*1H;/q-1;;;;;+4/p-3. The Morgan fingerprint density at radius 2 is 1.65 bits per heavy atom. The molecule has 0 aliphatic heterocycles. The Balaban J connectivity index is -0.000000270. The van der Waals surface area contributed by atoms with E-state index in [0.717, 1.165) is 35.2 Å². The molecule has 1 aliphatic carbocycles. The van der Waals surface area contributed by atoms with Crippen LogP contribution in [-0.2, 0) is 26.5 Å². The number of hydrogen-bond donors (Lipinski definition) is 0. The molecule has 124 valence electrons. The summed E-state index contributed by atoms with van der Waals surface area (Å²) in [6.45, 7) is 4.31. The van der Waals surface area contributed by atoms with Crippen LogP contribution >= 0.6 is 0 Å². The molecule has 0 bridgehead atoms. The van der Waals surface area contributed by atoms with Gasteiger partial charge in [-0.05, 0) is 12.8 Å². The molecule has 0 unspecified atom stereocenters. The van der Waals surface area contributed by atoms with E-state index in [-0.39, 0.29) is 58.4 Å². The molecule has 2 nitrogen and oxygen atoms in total. The first-order chi connectivity index (χ1) is 9.69. The monoisotopic (exact) mass is 403 g/mol. The Hall–Kier alpha value is -0.189. The van der Waals surface area contributed by atoms with Gasteiger partial charge in [0.1, 0.15) is 0 Å². The van der Waals surface area contributed by atoms with Gasteiger partial charge in [-0.3, -0.25) is 0 Å². The van der Waals surface area contributed by atoms with Crippen molar-refractivity contribution < 1.29 is 51.3 Å². The van der Waals surface area contributed by atoms with E-state index in [4.69, 9.17) is 5.73 Å². The number of halogens is 2. The fourth-order valence-electron chi connectivity index (χ4n) is 2.26. The number of amides is 1. The van der Waals surface area contributed by atoms with Gasteiger partial charge in [0.25, 0.3) is 0 Å². The molecular formula is C17H23Cl2NOSiTi. The van der Waals surface area contributed by atoms with E-state index in [2.05, 4.69) is 55.6 Å². The molecule has 1 N–H and O–H groups in total. The van der Waals surface area contributed by atoms with Crippen molar-refractivity contribution in [1.29, 1.82) is 0 Å². The summed E-state index contributed by atoms with van der Waals surface area (Å²) in [6.07, 6.45) is 4.22. The molecule has 3 rings (SSSR count). The average molecular weight is 404 g/mol. The minimum atomic E-state index is -0.359. The van der Waals surface area contributed by atoms with Gasteiger partial charge >= 0.3 is 21.7 Å². The summed E-state index contributed by atoms with van der Waals surface area (Å²) in [5, 5.41) is 2.66. The second-order valence-corrected chi connectivity index (χ2v) is 6.00. The molecule has 0 spiro atoms. The summed E-state index contributed by atoms with van der Waals surface area (Å²) in [5.74, 6) is -0.266. The number of benzene rings is 1. The van der Waals surface area contributed by atoms with Crippen molar-refractivity contribution >= 4 is 26.2 Å². The van der Waals surface area contributed by atoms with Crippen LogP contribution in [0.1, 0.15) is 25.7 Å². The molecule has 0 heterocycles. The van der Waals surface area contributed by atoms with Gasteiger partial charge in [-0.15, -0.1) is 29.7 Å². The van der Waals surface area contributed by atoms with Crippen LogP contribution in [0.2, 0.25) is 13.1 Å². The van der Waals surface area contributed by atoms with E-state index in [9.17, 15) is 4.79 Å². The molecule has 2 aromatic carbocycles. The maximum absolute atomic E-state index is 10.3. The quantitative estimate of drug-likeness (QED) is 0.449. The van der Waals surface area contributed by atoms with Gasteiger partial charge in [0.05, 0.1) is 5.91 Å². The van der Waals surface area contributed by atoms with Gasteiger partial charge < -0.3 is 35.3 Å². The molecule has 0 atom stereocenters. The fraction of sp³-hybridized carbons (Fsp3) is 0.412. The molecule has 1 amide bonds. The van der Waals surface area contributed by atoms with Gasteiger partial charge in [-0.25, -0.2) is 0 Å². The number of rotatable bonds is 1. The fourth-order valence-corrected chi connectivity index (χ4v) is 2.26. The van der Waals surface area contributed by atoms with Gasteiger partial charge in [0.15, 0.2) is 0 Å². The summed E-state index contributed by atoms with van der Waals surface area (Å²) in [6, 6.07) is 14.7. The average Bonchev–Trinajstić information content (AvgIpc) is 3.12. The Bertz CT molecular complexity index is 486. The number of carbonyl (C=O) groups excluding carboxylic acids is 1. The van der Waals surface area contributed by atoms with Crippen LogP contribution in [0.25, 0.3) is 16.5 Å². The molecule has 6 heteroatoms. The summed E-state index contributed by atoms with van der Waals surface area (Å²) >= 11 is 0. The van der Waals surface area contributed by atoms with Crippen LogP contribution < -0.4 is 24.8 Å². The smallest absolute Gasteiger partial charge is 1.00 e. The minimum Gasteiger partial charge on any atom is -1.00 e. The number of nitrogens with one attached hydrogen (secondary N) is 1. The second kappa shape index (κ2) is 16.7. The molecule has 0 aromatic heterocycles. The van der Waals surface area contributed by atoms with Gasteiger partial charge in [-0.1, -0.05) is 32.0 Å². The molecule has 1 fully saturated rings. The molecule has 23 heavy (non-hydrogen) atoms. The summed E-state index contributed by atoms with van der Waals surface area (Å²) in [7, 11) is 1.08.